The number of likely N-dealkylation sites (tertiary alicyclic amines) is 1. The third-order valence-electron chi connectivity index (χ3n) is 5.88. The molecular weight excluding hydrogens is 400 g/mol. The van der Waals surface area contributed by atoms with Crippen LogP contribution in [0.1, 0.15) is 41.5 Å². The summed E-state index contributed by atoms with van der Waals surface area (Å²) in [6.45, 7) is 4.69. The molecule has 1 amide bonds. The number of para-hydroxylation sites is 1. The van der Waals surface area contributed by atoms with E-state index in [0.717, 1.165) is 35.3 Å². The molecule has 8 heteroatoms. The maximum absolute atomic E-state index is 13.8. The first-order valence-electron chi connectivity index (χ1n) is 9.91. The van der Waals surface area contributed by atoms with Gasteiger partial charge in [0.25, 0.3) is 5.91 Å². The fraction of sp³-hybridized carbons (Fsp3) is 0.273. The summed E-state index contributed by atoms with van der Waals surface area (Å²) >= 11 is 6.33. The molecule has 30 heavy (non-hydrogen) atoms. The van der Waals surface area contributed by atoms with E-state index in [2.05, 4.69) is 22.1 Å². The number of halogens is 1. The summed E-state index contributed by atoms with van der Waals surface area (Å²) in [4.78, 5) is 25.3. The highest BCUT2D eigenvalue weighted by Crippen LogP contribution is 2.40. The number of nitrogens with one attached hydrogen (secondary N) is 1. The van der Waals surface area contributed by atoms with Crippen molar-refractivity contribution in [2.24, 2.45) is 0 Å². The molecule has 7 nitrogen and oxygen atoms in total. The van der Waals surface area contributed by atoms with E-state index < -0.39 is 5.54 Å². The highest BCUT2D eigenvalue weighted by Gasteiger charge is 2.44. The van der Waals surface area contributed by atoms with E-state index in [1.165, 1.54) is 4.80 Å². The summed E-state index contributed by atoms with van der Waals surface area (Å²) < 4.78 is 0. The summed E-state index contributed by atoms with van der Waals surface area (Å²) in [5.74, 6) is 0.695. The fourth-order valence-electron chi connectivity index (χ4n) is 4.27. The first-order chi connectivity index (χ1) is 14.5. The molecule has 1 saturated heterocycles. The predicted molar refractivity (Wildman–Crippen MR) is 115 cm³/mol. The molecule has 1 fully saturated rings. The lowest BCUT2D eigenvalue weighted by Crippen LogP contribution is -2.44. The van der Waals surface area contributed by atoms with Gasteiger partial charge in [0.1, 0.15) is 11.3 Å². The second-order valence-corrected chi connectivity index (χ2v) is 8.30. The minimum absolute atomic E-state index is 0.0578. The van der Waals surface area contributed by atoms with Gasteiger partial charge < -0.3 is 9.88 Å². The Bertz CT molecular complexity index is 1250. The van der Waals surface area contributed by atoms with Crippen molar-refractivity contribution in [3.05, 3.63) is 70.8 Å². The molecule has 4 aromatic rings. The number of amides is 1. The largest absolute Gasteiger partial charge is 0.340 e. The van der Waals surface area contributed by atoms with Crippen molar-refractivity contribution in [2.45, 2.75) is 32.2 Å². The van der Waals surface area contributed by atoms with Crippen molar-refractivity contribution in [3.63, 3.8) is 0 Å². The van der Waals surface area contributed by atoms with Crippen molar-refractivity contribution in [1.29, 1.82) is 0 Å². The monoisotopic (exact) mass is 420 g/mol. The highest BCUT2D eigenvalue weighted by atomic mass is 35.5. The summed E-state index contributed by atoms with van der Waals surface area (Å²) in [6.07, 6.45) is 4.92. The molecule has 1 N–H and O–H groups in total. The van der Waals surface area contributed by atoms with Gasteiger partial charge >= 0.3 is 0 Å². The Hall–Kier alpha value is -3.19. The van der Waals surface area contributed by atoms with Crippen LogP contribution in [0.25, 0.3) is 16.7 Å². The number of aromatic amines is 1. The Labute approximate surface area is 178 Å². The Morgan fingerprint density at radius 1 is 1.20 bits per heavy atom. The molecule has 5 rings (SSSR count). The average molecular weight is 421 g/mol. The van der Waals surface area contributed by atoms with Crippen LogP contribution in [0.2, 0.25) is 5.02 Å². The number of hydrogen-bond acceptors (Lipinski definition) is 4. The lowest BCUT2D eigenvalue weighted by atomic mass is 9.96. The van der Waals surface area contributed by atoms with Crippen molar-refractivity contribution in [3.8, 4) is 5.69 Å². The molecule has 1 aliphatic rings. The van der Waals surface area contributed by atoms with Crippen LogP contribution in [0.5, 0.6) is 0 Å². The summed E-state index contributed by atoms with van der Waals surface area (Å²) in [6, 6.07) is 11.4. The van der Waals surface area contributed by atoms with Crippen LogP contribution in [0.15, 0.2) is 48.8 Å². The first-order valence-corrected chi connectivity index (χ1v) is 10.3. The predicted octanol–water partition coefficient (Wildman–Crippen LogP) is 4.26. The molecule has 2 aromatic carbocycles. The van der Waals surface area contributed by atoms with Crippen LogP contribution >= 0.6 is 11.6 Å². The van der Waals surface area contributed by atoms with Gasteiger partial charge in [-0.3, -0.25) is 4.79 Å². The first kappa shape index (κ1) is 18.8. The number of carbonyl (C=O) groups excluding carboxylic acids is 1. The number of benzene rings is 2. The van der Waals surface area contributed by atoms with E-state index in [1.807, 2.05) is 48.2 Å². The number of rotatable bonds is 3. The Morgan fingerprint density at radius 3 is 2.77 bits per heavy atom. The SMILES string of the molecule is Cc1ccc(-n2nccn2)c(C(=O)N2CCCC2(C)c2nc3c(Cl)cccc3[nH]2)c1. The maximum Gasteiger partial charge on any atom is 0.256 e. The Balaban J connectivity index is 1.59. The van der Waals surface area contributed by atoms with Gasteiger partial charge in [-0.1, -0.05) is 29.3 Å². The zero-order valence-electron chi connectivity index (χ0n) is 16.8. The molecular formula is C22H21ClN6O. The van der Waals surface area contributed by atoms with Crippen molar-refractivity contribution >= 4 is 28.5 Å². The molecule has 3 heterocycles. The molecule has 1 aliphatic heterocycles. The molecule has 152 valence electrons. The molecule has 0 bridgehead atoms. The highest BCUT2D eigenvalue weighted by molar-refractivity contribution is 6.34. The Kier molecular flexibility index (Phi) is 4.36. The minimum atomic E-state index is -0.558. The lowest BCUT2D eigenvalue weighted by molar-refractivity contribution is 0.0605. The normalized spacial score (nSPS) is 19.0. The molecule has 0 aliphatic carbocycles. The number of aromatic nitrogens is 5. The van der Waals surface area contributed by atoms with Crippen molar-refractivity contribution < 1.29 is 4.79 Å². The number of hydrogen-bond donors (Lipinski definition) is 1. The quantitative estimate of drug-likeness (QED) is 0.537. The number of fused-ring (bicyclic) bond motifs is 1. The van der Waals surface area contributed by atoms with Crippen LogP contribution in [0.3, 0.4) is 0 Å². The summed E-state index contributed by atoms with van der Waals surface area (Å²) in [7, 11) is 0. The zero-order chi connectivity index (χ0) is 20.9. The number of aryl methyl sites for hydroxylation is 1. The minimum Gasteiger partial charge on any atom is -0.340 e. The van der Waals surface area contributed by atoms with E-state index in [0.29, 0.717) is 22.8 Å². The fourth-order valence-corrected chi connectivity index (χ4v) is 4.49. The van der Waals surface area contributed by atoms with Crippen LogP contribution in [-0.4, -0.2) is 42.3 Å². The smallest absolute Gasteiger partial charge is 0.256 e. The van der Waals surface area contributed by atoms with E-state index >= 15 is 0 Å². The molecule has 1 unspecified atom stereocenters. The van der Waals surface area contributed by atoms with Gasteiger partial charge in [-0.2, -0.15) is 15.0 Å². The Morgan fingerprint density at radius 2 is 2.00 bits per heavy atom. The van der Waals surface area contributed by atoms with Gasteiger partial charge in [0, 0.05) is 6.54 Å². The third-order valence-corrected chi connectivity index (χ3v) is 6.18. The topological polar surface area (TPSA) is 79.7 Å². The maximum atomic E-state index is 13.8. The number of H-pyrrole nitrogens is 1. The number of nitrogens with zero attached hydrogens (tertiary/aromatic N) is 5. The standard InChI is InChI=1S/C22H21ClN6O/c1-14-7-8-18(29-24-10-11-25-29)15(13-14)20(30)28-12-4-9-22(28,2)21-26-17-6-3-5-16(23)19(17)27-21/h3,5-8,10-11,13H,4,9,12H2,1-2H3,(H,26,27). The third kappa shape index (κ3) is 2.89. The summed E-state index contributed by atoms with van der Waals surface area (Å²) in [5, 5.41) is 9.04. The molecule has 0 saturated carbocycles. The second kappa shape index (κ2) is 6.95. The van der Waals surface area contributed by atoms with Gasteiger partial charge in [0.2, 0.25) is 0 Å². The van der Waals surface area contributed by atoms with E-state index in [1.54, 1.807) is 12.4 Å². The summed E-state index contributed by atoms with van der Waals surface area (Å²) in [5.41, 5.74) is 3.29. The van der Waals surface area contributed by atoms with Gasteiger partial charge in [-0.15, -0.1) is 0 Å². The van der Waals surface area contributed by atoms with Gasteiger partial charge in [-0.05, 0) is 51.0 Å². The molecule has 0 radical (unpaired) electrons. The van der Waals surface area contributed by atoms with E-state index in [9.17, 15) is 4.79 Å². The van der Waals surface area contributed by atoms with Crippen LogP contribution < -0.4 is 0 Å². The number of imidazole rings is 1. The second-order valence-electron chi connectivity index (χ2n) is 7.89. The molecule has 2 aromatic heterocycles. The van der Waals surface area contributed by atoms with Crippen LogP contribution in [-0.2, 0) is 5.54 Å². The average Bonchev–Trinajstić information content (AvgIpc) is 3.47. The molecule has 1 atom stereocenters. The van der Waals surface area contributed by atoms with Gasteiger partial charge in [-0.25, -0.2) is 4.98 Å². The van der Waals surface area contributed by atoms with E-state index in [4.69, 9.17) is 16.6 Å². The van der Waals surface area contributed by atoms with Crippen molar-refractivity contribution in [2.75, 3.05) is 6.54 Å². The number of carbonyl (C=O) groups is 1. The van der Waals surface area contributed by atoms with Crippen LogP contribution in [0, 0.1) is 6.92 Å². The lowest BCUT2D eigenvalue weighted by Gasteiger charge is -2.34. The van der Waals surface area contributed by atoms with E-state index in [-0.39, 0.29) is 5.91 Å². The van der Waals surface area contributed by atoms with Gasteiger partial charge in [0.05, 0.1) is 39.7 Å². The van der Waals surface area contributed by atoms with Crippen molar-refractivity contribution in [1.82, 2.24) is 29.9 Å². The van der Waals surface area contributed by atoms with Gasteiger partial charge in [0.15, 0.2) is 0 Å². The van der Waals surface area contributed by atoms with Crippen LogP contribution in [0.4, 0.5) is 0 Å². The molecule has 0 spiro atoms. The zero-order valence-corrected chi connectivity index (χ0v) is 17.5.